The number of ether oxygens (including phenoxy) is 2. The first kappa shape index (κ1) is 14.0. The molecule has 0 spiro atoms. The quantitative estimate of drug-likeness (QED) is 0.793. The highest BCUT2D eigenvalue weighted by Crippen LogP contribution is 2.30. The minimum Gasteiger partial charge on any atom is -0.496 e. The van der Waals surface area contributed by atoms with Gasteiger partial charge in [-0.1, -0.05) is 32.0 Å². The molecule has 2 atom stereocenters. The lowest BCUT2D eigenvalue weighted by Crippen LogP contribution is -2.30. The molecular weight excluding hydrogens is 214 g/mol. The standard InChI is InChI=1S/C14H23NO2/c1-4-10-17-14(12(15)5-2)11-8-6-7-9-13(11)16-3/h6-9,12,14H,4-5,10,15H2,1-3H3. The van der Waals surface area contributed by atoms with Crippen LogP contribution in [0.15, 0.2) is 24.3 Å². The Kier molecular flexibility index (Phi) is 6.01. The molecule has 96 valence electrons. The van der Waals surface area contributed by atoms with E-state index >= 15 is 0 Å². The van der Waals surface area contributed by atoms with Gasteiger partial charge in [-0.15, -0.1) is 0 Å². The van der Waals surface area contributed by atoms with Crippen molar-refractivity contribution in [1.29, 1.82) is 0 Å². The van der Waals surface area contributed by atoms with Gasteiger partial charge in [0.2, 0.25) is 0 Å². The van der Waals surface area contributed by atoms with Crippen LogP contribution in [0.1, 0.15) is 38.4 Å². The van der Waals surface area contributed by atoms with Crippen molar-refractivity contribution in [2.75, 3.05) is 13.7 Å². The summed E-state index contributed by atoms with van der Waals surface area (Å²) < 4.78 is 11.2. The zero-order valence-electron chi connectivity index (χ0n) is 11.0. The van der Waals surface area contributed by atoms with Gasteiger partial charge in [0.1, 0.15) is 11.9 Å². The van der Waals surface area contributed by atoms with Crippen LogP contribution in [0.4, 0.5) is 0 Å². The molecule has 17 heavy (non-hydrogen) atoms. The fraction of sp³-hybridized carbons (Fsp3) is 0.571. The topological polar surface area (TPSA) is 44.5 Å². The van der Waals surface area contributed by atoms with Crippen molar-refractivity contribution >= 4 is 0 Å². The largest absolute Gasteiger partial charge is 0.496 e. The molecule has 0 heterocycles. The molecule has 3 heteroatoms. The minimum absolute atomic E-state index is 0.00199. The number of nitrogens with two attached hydrogens (primary N) is 1. The summed E-state index contributed by atoms with van der Waals surface area (Å²) in [7, 11) is 1.67. The molecular formula is C14H23NO2. The number of para-hydroxylation sites is 1. The summed E-state index contributed by atoms with van der Waals surface area (Å²) in [5.74, 6) is 0.845. The molecule has 2 unspecified atom stereocenters. The zero-order valence-corrected chi connectivity index (χ0v) is 11.0. The lowest BCUT2D eigenvalue weighted by Gasteiger charge is -2.25. The molecule has 0 aliphatic heterocycles. The van der Waals surface area contributed by atoms with Crippen LogP contribution < -0.4 is 10.5 Å². The maximum absolute atomic E-state index is 6.13. The van der Waals surface area contributed by atoms with Gasteiger partial charge in [-0.2, -0.15) is 0 Å². The van der Waals surface area contributed by atoms with Gasteiger partial charge in [-0.3, -0.25) is 0 Å². The molecule has 0 amide bonds. The third kappa shape index (κ3) is 3.72. The highest BCUT2D eigenvalue weighted by Gasteiger charge is 2.22. The average molecular weight is 237 g/mol. The summed E-state index contributed by atoms with van der Waals surface area (Å²) in [5, 5.41) is 0. The summed E-state index contributed by atoms with van der Waals surface area (Å²) in [5.41, 5.74) is 7.17. The van der Waals surface area contributed by atoms with Crippen LogP contribution in [0.2, 0.25) is 0 Å². The van der Waals surface area contributed by atoms with Crippen molar-refractivity contribution in [2.45, 2.75) is 38.8 Å². The lowest BCUT2D eigenvalue weighted by atomic mass is 10.00. The van der Waals surface area contributed by atoms with E-state index in [2.05, 4.69) is 13.8 Å². The second kappa shape index (κ2) is 7.30. The third-order valence-electron chi connectivity index (χ3n) is 2.81. The Morgan fingerprint density at radius 1 is 1.24 bits per heavy atom. The smallest absolute Gasteiger partial charge is 0.124 e. The Morgan fingerprint density at radius 2 is 1.94 bits per heavy atom. The Labute approximate surface area is 104 Å². The molecule has 0 saturated heterocycles. The number of benzene rings is 1. The van der Waals surface area contributed by atoms with Crippen LogP contribution in [-0.4, -0.2) is 19.8 Å². The third-order valence-corrected chi connectivity index (χ3v) is 2.81. The highest BCUT2D eigenvalue weighted by atomic mass is 16.5. The Balaban J connectivity index is 2.94. The molecule has 0 bridgehead atoms. The first-order chi connectivity index (χ1) is 8.24. The molecule has 3 nitrogen and oxygen atoms in total. The van der Waals surface area contributed by atoms with E-state index in [4.69, 9.17) is 15.2 Å². The maximum atomic E-state index is 6.13. The second-order valence-electron chi connectivity index (χ2n) is 4.11. The van der Waals surface area contributed by atoms with Gasteiger partial charge < -0.3 is 15.2 Å². The first-order valence-corrected chi connectivity index (χ1v) is 6.24. The van der Waals surface area contributed by atoms with Crippen LogP contribution in [0, 0.1) is 0 Å². The van der Waals surface area contributed by atoms with E-state index in [-0.39, 0.29) is 12.1 Å². The van der Waals surface area contributed by atoms with Gasteiger partial charge >= 0.3 is 0 Å². The van der Waals surface area contributed by atoms with Crippen molar-refractivity contribution in [3.8, 4) is 5.75 Å². The number of methoxy groups -OCH3 is 1. The fourth-order valence-corrected chi connectivity index (χ4v) is 1.80. The highest BCUT2D eigenvalue weighted by molar-refractivity contribution is 5.35. The van der Waals surface area contributed by atoms with Crippen LogP contribution in [0.5, 0.6) is 5.75 Å². The molecule has 0 aliphatic rings. The minimum atomic E-state index is -0.0869. The molecule has 1 aromatic carbocycles. The number of rotatable bonds is 7. The zero-order chi connectivity index (χ0) is 12.7. The van der Waals surface area contributed by atoms with Crippen molar-refractivity contribution in [2.24, 2.45) is 5.73 Å². The van der Waals surface area contributed by atoms with Gasteiger partial charge in [0, 0.05) is 18.2 Å². The van der Waals surface area contributed by atoms with Crippen molar-refractivity contribution in [3.05, 3.63) is 29.8 Å². The van der Waals surface area contributed by atoms with Gasteiger partial charge in [-0.25, -0.2) is 0 Å². The summed E-state index contributed by atoms with van der Waals surface area (Å²) >= 11 is 0. The van der Waals surface area contributed by atoms with Crippen LogP contribution in [-0.2, 0) is 4.74 Å². The molecule has 1 aromatic rings. The SMILES string of the molecule is CCCOC(c1ccccc1OC)C(N)CC. The Morgan fingerprint density at radius 3 is 2.53 bits per heavy atom. The van der Waals surface area contributed by atoms with Crippen LogP contribution in [0.3, 0.4) is 0 Å². The van der Waals surface area contributed by atoms with E-state index < -0.39 is 0 Å². The van der Waals surface area contributed by atoms with Crippen LogP contribution in [0.25, 0.3) is 0 Å². The predicted octanol–water partition coefficient (Wildman–Crippen LogP) is 2.90. The fourth-order valence-electron chi connectivity index (χ4n) is 1.80. The van der Waals surface area contributed by atoms with E-state index in [0.29, 0.717) is 0 Å². The molecule has 2 N–H and O–H groups in total. The molecule has 0 aliphatic carbocycles. The lowest BCUT2D eigenvalue weighted by molar-refractivity contribution is 0.0323. The first-order valence-electron chi connectivity index (χ1n) is 6.24. The average Bonchev–Trinajstić information content (AvgIpc) is 2.39. The van der Waals surface area contributed by atoms with E-state index in [9.17, 15) is 0 Å². The molecule has 1 rings (SSSR count). The molecule has 0 radical (unpaired) electrons. The number of hydrogen-bond donors (Lipinski definition) is 1. The Hall–Kier alpha value is -1.06. The van der Waals surface area contributed by atoms with Crippen molar-refractivity contribution in [3.63, 3.8) is 0 Å². The second-order valence-corrected chi connectivity index (χ2v) is 4.11. The summed E-state index contributed by atoms with van der Waals surface area (Å²) in [6, 6.07) is 7.91. The van der Waals surface area contributed by atoms with E-state index in [1.54, 1.807) is 7.11 Å². The van der Waals surface area contributed by atoms with E-state index in [0.717, 1.165) is 30.8 Å². The molecule has 0 aromatic heterocycles. The monoisotopic (exact) mass is 237 g/mol. The summed E-state index contributed by atoms with van der Waals surface area (Å²) in [6.45, 7) is 4.88. The van der Waals surface area contributed by atoms with Crippen molar-refractivity contribution in [1.82, 2.24) is 0 Å². The molecule has 0 saturated carbocycles. The van der Waals surface area contributed by atoms with Gasteiger partial charge in [0.25, 0.3) is 0 Å². The van der Waals surface area contributed by atoms with Crippen molar-refractivity contribution < 1.29 is 9.47 Å². The Bertz CT molecular complexity index is 328. The summed E-state index contributed by atoms with van der Waals surface area (Å²) in [6.07, 6.45) is 1.78. The van der Waals surface area contributed by atoms with E-state index in [1.165, 1.54) is 0 Å². The van der Waals surface area contributed by atoms with Crippen LogP contribution >= 0.6 is 0 Å². The normalized spacial score (nSPS) is 14.4. The molecule has 0 fully saturated rings. The predicted molar refractivity (Wildman–Crippen MR) is 70.2 cm³/mol. The van der Waals surface area contributed by atoms with Gasteiger partial charge in [-0.05, 0) is 18.9 Å². The van der Waals surface area contributed by atoms with Gasteiger partial charge in [0.05, 0.1) is 7.11 Å². The number of hydrogen-bond acceptors (Lipinski definition) is 3. The summed E-state index contributed by atoms with van der Waals surface area (Å²) in [4.78, 5) is 0. The maximum Gasteiger partial charge on any atom is 0.124 e. The van der Waals surface area contributed by atoms with E-state index in [1.807, 2.05) is 24.3 Å². The van der Waals surface area contributed by atoms with Gasteiger partial charge in [0.15, 0.2) is 0 Å².